The van der Waals surface area contributed by atoms with Gasteiger partial charge in [0.05, 0.1) is 40.9 Å². The van der Waals surface area contributed by atoms with E-state index in [2.05, 4.69) is 25.5 Å². The third-order valence-electron chi connectivity index (χ3n) is 5.02. The highest BCUT2D eigenvalue weighted by atomic mass is 35.5. The van der Waals surface area contributed by atoms with Crippen molar-refractivity contribution in [1.29, 1.82) is 0 Å². The number of H-pyrrole nitrogens is 1. The van der Waals surface area contributed by atoms with Gasteiger partial charge in [0.15, 0.2) is 17.3 Å². The molecule has 3 heterocycles. The Labute approximate surface area is 168 Å². The van der Waals surface area contributed by atoms with Gasteiger partial charge in [0.2, 0.25) is 6.41 Å². The summed E-state index contributed by atoms with van der Waals surface area (Å²) in [5, 5.41) is 19.8. The maximum absolute atomic E-state index is 15.4. The minimum Gasteiger partial charge on any atom is -0.389 e. The van der Waals surface area contributed by atoms with E-state index in [-0.39, 0.29) is 5.02 Å². The molecule has 29 heavy (non-hydrogen) atoms. The topological polar surface area (TPSA) is 108 Å². The molecule has 0 saturated carbocycles. The van der Waals surface area contributed by atoms with E-state index in [1.165, 1.54) is 6.20 Å². The molecule has 10 heteroatoms. The zero-order valence-electron chi connectivity index (χ0n) is 14.9. The summed E-state index contributed by atoms with van der Waals surface area (Å²) in [6, 6.07) is 0. The summed E-state index contributed by atoms with van der Waals surface area (Å²) in [7, 11) is 0. The van der Waals surface area contributed by atoms with Crippen molar-refractivity contribution in [2.45, 2.75) is 18.9 Å². The number of aromatic amines is 1. The molecule has 1 aromatic carbocycles. The van der Waals surface area contributed by atoms with Crippen LogP contribution in [0.15, 0.2) is 30.9 Å². The molecule has 0 saturated heterocycles. The van der Waals surface area contributed by atoms with Crippen molar-refractivity contribution >= 4 is 46.0 Å². The van der Waals surface area contributed by atoms with Crippen LogP contribution in [0.4, 0.5) is 10.2 Å². The van der Waals surface area contributed by atoms with Crippen LogP contribution < -0.4 is 5.32 Å². The number of anilines is 1. The van der Waals surface area contributed by atoms with Gasteiger partial charge in [-0.05, 0) is 18.4 Å². The van der Waals surface area contributed by atoms with Crippen molar-refractivity contribution in [3.63, 3.8) is 0 Å². The van der Waals surface area contributed by atoms with Crippen LogP contribution in [0.2, 0.25) is 5.02 Å². The molecular formula is C19H14ClFN6O2. The normalized spacial score (nSPS) is 16.5. The Balaban J connectivity index is 1.73. The van der Waals surface area contributed by atoms with Crippen LogP contribution in [0.5, 0.6) is 0 Å². The summed E-state index contributed by atoms with van der Waals surface area (Å²) in [6.45, 7) is 0. The first-order valence-electron chi connectivity index (χ1n) is 8.85. The number of rotatable bonds is 4. The molecule has 3 aromatic heterocycles. The molecule has 1 unspecified atom stereocenters. The number of carbonyl (C=O) groups excluding carboxylic acids is 1. The molecule has 0 radical (unpaired) electrons. The predicted octanol–water partition coefficient (Wildman–Crippen LogP) is 3.17. The van der Waals surface area contributed by atoms with Crippen LogP contribution in [0.25, 0.3) is 33.4 Å². The van der Waals surface area contributed by atoms with E-state index in [9.17, 15) is 9.90 Å². The van der Waals surface area contributed by atoms with Crippen molar-refractivity contribution in [2.24, 2.45) is 0 Å². The number of amides is 1. The number of carbonyl (C=O) groups is 1. The van der Waals surface area contributed by atoms with E-state index >= 15 is 4.39 Å². The number of halogens is 2. The molecule has 4 aromatic rings. The summed E-state index contributed by atoms with van der Waals surface area (Å²) >= 11 is 6.46. The first-order valence-corrected chi connectivity index (χ1v) is 9.23. The summed E-state index contributed by atoms with van der Waals surface area (Å²) < 4.78 is 17.0. The SMILES string of the molecule is O=CNc1cn2cc(-c3c(Cl)c(F)c(C4=CC(O)CC4)c4[nH]ncc34)ncc2n1. The van der Waals surface area contributed by atoms with E-state index in [0.717, 1.165) is 0 Å². The van der Waals surface area contributed by atoms with Gasteiger partial charge in [0.25, 0.3) is 0 Å². The van der Waals surface area contributed by atoms with Crippen molar-refractivity contribution in [2.75, 3.05) is 5.32 Å². The highest BCUT2D eigenvalue weighted by Crippen LogP contribution is 2.42. The lowest BCUT2D eigenvalue weighted by Gasteiger charge is -2.13. The molecule has 0 aliphatic heterocycles. The van der Waals surface area contributed by atoms with Crippen LogP contribution in [0.1, 0.15) is 18.4 Å². The van der Waals surface area contributed by atoms with E-state index in [4.69, 9.17) is 11.6 Å². The largest absolute Gasteiger partial charge is 0.389 e. The number of aromatic nitrogens is 5. The standard InChI is InChI=1S/C19H14ClFN6O2/c20-17-16(12-6-27-7-13(23-8-28)25-14(27)5-22-12)11-4-24-26-19(11)15(18(17)21)9-1-2-10(29)3-9/h3-8,10,29H,1-2H2,(H,23,28)(H,24,26). The lowest BCUT2D eigenvalue weighted by atomic mass is 9.97. The molecule has 8 nitrogen and oxygen atoms in total. The molecule has 1 aliphatic carbocycles. The Morgan fingerprint density at radius 3 is 2.97 bits per heavy atom. The Morgan fingerprint density at radius 1 is 1.34 bits per heavy atom. The number of imidazole rings is 1. The second kappa shape index (κ2) is 6.64. The third kappa shape index (κ3) is 2.78. The Kier molecular flexibility index (Phi) is 4.07. The number of benzene rings is 1. The van der Waals surface area contributed by atoms with Gasteiger partial charge in [-0.2, -0.15) is 5.10 Å². The zero-order valence-corrected chi connectivity index (χ0v) is 15.6. The number of aliphatic hydroxyl groups excluding tert-OH is 1. The Bertz CT molecular complexity index is 1310. The highest BCUT2D eigenvalue weighted by molar-refractivity contribution is 6.35. The van der Waals surface area contributed by atoms with E-state index in [1.54, 1.807) is 29.1 Å². The first kappa shape index (κ1) is 17.8. The van der Waals surface area contributed by atoms with Crippen molar-refractivity contribution in [3.05, 3.63) is 47.3 Å². The average molecular weight is 413 g/mol. The lowest BCUT2D eigenvalue weighted by molar-refractivity contribution is -0.105. The monoisotopic (exact) mass is 412 g/mol. The second-order valence-electron chi connectivity index (χ2n) is 6.76. The fourth-order valence-corrected chi connectivity index (χ4v) is 4.03. The maximum atomic E-state index is 15.4. The Hall–Kier alpha value is -3.30. The smallest absolute Gasteiger partial charge is 0.212 e. The van der Waals surface area contributed by atoms with Crippen LogP contribution in [0.3, 0.4) is 0 Å². The van der Waals surface area contributed by atoms with Gasteiger partial charge in [0, 0.05) is 22.7 Å². The van der Waals surface area contributed by atoms with Crippen LogP contribution in [0, 0.1) is 5.82 Å². The van der Waals surface area contributed by atoms with E-state index < -0.39 is 11.9 Å². The molecular weight excluding hydrogens is 399 g/mol. The molecule has 1 atom stereocenters. The van der Waals surface area contributed by atoms with Crippen molar-refractivity contribution in [1.82, 2.24) is 24.6 Å². The summed E-state index contributed by atoms with van der Waals surface area (Å²) in [4.78, 5) is 19.2. The fourth-order valence-electron chi connectivity index (χ4n) is 3.73. The third-order valence-corrected chi connectivity index (χ3v) is 5.37. The Morgan fingerprint density at radius 2 is 2.21 bits per heavy atom. The summed E-state index contributed by atoms with van der Waals surface area (Å²) in [6.07, 6.45) is 9.03. The summed E-state index contributed by atoms with van der Waals surface area (Å²) in [5.74, 6) is -0.221. The number of nitrogens with one attached hydrogen (secondary N) is 2. The van der Waals surface area contributed by atoms with Crippen molar-refractivity contribution in [3.8, 4) is 11.3 Å². The number of nitrogens with zero attached hydrogens (tertiary/aromatic N) is 4. The number of allylic oxidation sites excluding steroid dienone is 1. The van der Waals surface area contributed by atoms with Gasteiger partial charge in [-0.15, -0.1) is 0 Å². The van der Waals surface area contributed by atoms with Crippen LogP contribution >= 0.6 is 11.6 Å². The number of aliphatic hydroxyl groups is 1. The lowest BCUT2D eigenvalue weighted by Crippen LogP contribution is -1.98. The molecule has 3 N–H and O–H groups in total. The molecule has 1 aliphatic rings. The highest BCUT2D eigenvalue weighted by Gasteiger charge is 2.26. The van der Waals surface area contributed by atoms with Gasteiger partial charge in [-0.3, -0.25) is 14.9 Å². The maximum Gasteiger partial charge on any atom is 0.212 e. The van der Waals surface area contributed by atoms with Gasteiger partial charge in [-0.25, -0.2) is 9.37 Å². The minimum absolute atomic E-state index is 0.0746. The van der Waals surface area contributed by atoms with Gasteiger partial charge in [0.1, 0.15) is 0 Å². The van der Waals surface area contributed by atoms with E-state index in [0.29, 0.717) is 64.0 Å². The molecule has 0 fully saturated rings. The zero-order chi connectivity index (χ0) is 20.1. The number of hydrogen-bond acceptors (Lipinski definition) is 5. The number of hydrogen-bond donors (Lipinski definition) is 3. The van der Waals surface area contributed by atoms with Gasteiger partial charge in [-0.1, -0.05) is 17.7 Å². The van der Waals surface area contributed by atoms with Crippen molar-refractivity contribution < 1.29 is 14.3 Å². The fraction of sp³-hybridized carbons (Fsp3) is 0.158. The molecule has 0 bridgehead atoms. The average Bonchev–Trinajstić information content (AvgIpc) is 3.42. The molecule has 5 rings (SSSR count). The first-order chi connectivity index (χ1) is 14.1. The van der Waals surface area contributed by atoms with Gasteiger partial charge < -0.3 is 14.8 Å². The molecule has 0 spiro atoms. The second-order valence-corrected chi connectivity index (χ2v) is 7.14. The molecule has 1 amide bonds. The minimum atomic E-state index is -0.597. The van der Waals surface area contributed by atoms with E-state index in [1.807, 2.05) is 0 Å². The quantitative estimate of drug-likeness (QED) is 0.446. The van der Waals surface area contributed by atoms with Crippen LogP contribution in [-0.2, 0) is 4.79 Å². The number of fused-ring (bicyclic) bond motifs is 2. The predicted molar refractivity (Wildman–Crippen MR) is 106 cm³/mol. The summed E-state index contributed by atoms with van der Waals surface area (Å²) in [5.41, 5.74) is 2.85. The van der Waals surface area contributed by atoms with Gasteiger partial charge >= 0.3 is 0 Å². The molecule has 146 valence electrons. The van der Waals surface area contributed by atoms with Crippen LogP contribution in [-0.4, -0.2) is 42.2 Å².